The molecule has 0 radical (unpaired) electrons. The summed E-state index contributed by atoms with van der Waals surface area (Å²) in [6, 6.07) is 0. The van der Waals surface area contributed by atoms with E-state index in [9.17, 15) is 18.1 Å². The van der Waals surface area contributed by atoms with Gasteiger partial charge in [-0.15, -0.1) is 6.58 Å². The van der Waals surface area contributed by atoms with E-state index >= 15 is 0 Å². The molecule has 1 saturated carbocycles. The predicted molar refractivity (Wildman–Crippen MR) is 59.1 cm³/mol. The highest BCUT2D eigenvalue weighted by atomic mass is 31.2. The van der Waals surface area contributed by atoms with Crippen molar-refractivity contribution in [3.8, 4) is 0 Å². The van der Waals surface area contributed by atoms with Crippen molar-refractivity contribution in [2.24, 2.45) is 11.8 Å². The molecule has 0 N–H and O–H groups in total. The Balaban J connectivity index is 2.64. The van der Waals surface area contributed by atoms with Crippen LogP contribution < -0.4 is 0 Å². The Labute approximate surface area is 104 Å². The first-order valence-corrected chi connectivity index (χ1v) is 6.69. The van der Waals surface area contributed by atoms with E-state index < -0.39 is 25.8 Å². The molecule has 1 rings (SSSR count). The number of alkyl halides is 2. The molecule has 1 fully saturated rings. The van der Waals surface area contributed by atoms with Crippen LogP contribution in [0.3, 0.4) is 0 Å². The number of hydrogen-bond acceptors (Lipinski definition) is 5. The second-order valence-electron chi connectivity index (χ2n) is 3.87. The summed E-state index contributed by atoms with van der Waals surface area (Å²) in [7, 11) is -2.39. The van der Waals surface area contributed by atoms with E-state index in [1.807, 2.05) is 0 Å². The predicted octanol–water partition coefficient (Wildman–Crippen LogP) is 2.78. The van der Waals surface area contributed by atoms with Crippen LogP contribution in [0.5, 0.6) is 0 Å². The molecule has 8 heteroatoms. The van der Waals surface area contributed by atoms with Crippen molar-refractivity contribution in [1.82, 2.24) is 0 Å². The monoisotopic (exact) mass is 284 g/mol. The van der Waals surface area contributed by atoms with Gasteiger partial charge in [0.1, 0.15) is 5.78 Å². The zero-order valence-electron chi connectivity index (χ0n) is 10.1. The number of carbonyl (C=O) groups excluding carboxylic acids is 1. The molecule has 1 aliphatic rings. The standard InChI is InChI=1S/C10H15F2O5P/c1-4-5-9(13)7-6-8(7)10(11,12)17-18(14,15-2)16-3/h4,7-8H,1,5-6H2,2-3H3/t7-,8-/m0/s1. The zero-order valence-corrected chi connectivity index (χ0v) is 11.0. The fourth-order valence-electron chi connectivity index (χ4n) is 1.58. The molecule has 0 heterocycles. The molecule has 0 aromatic rings. The maximum atomic E-state index is 13.6. The largest absolute Gasteiger partial charge is 0.479 e. The van der Waals surface area contributed by atoms with Gasteiger partial charge in [0, 0.05) is 26.6 Å². The molecule has 0 unspecified atom stereocenters. The van der Waals surface area contributed by atoms with Gasteiger partial charge in [-0.1, -0.05) is 6.08 Å². The second kappa shape index (κ2) is 5.57. The number of hydrogen-bond donors (Lipinski definition) is 0. The van der Waals surface area contributed by atoms with Crippen molar-refractivity contribution in [1.29, 1.82) is 0 Å². The van der Waals surface area contributed by atoms with Crippen LogP contribution in [0.15, 0.2) is 12.7 Å². The Morgan fingerprint density at radius 2 is 2.06 bits per heavy atom. The summed E-state index contributed by atoms with van der Waals surface area (Å²) >= 11 is 0. The van der Waals surface area contributed by atoms with Crippen LogP contribution in [-0.4, -0.2) is 26.1 Å². The van der Waals surface area contributed by atoms with Gasteiger partial charge in [-0.2, -0.15) is 8.78 Å². The van der Waals surface area contributed by atoms with Gasteiger partial charge in [0.15, 0.2) is 0 Å². The number of Topliss-reactive ketones (excluding diaryl/α,β-unsaturated/α-hetero) is 1. The SMILES string of the molecule is C=CCC(=O)[C@H]1C[C@@H]1C(F)(F)OP(=O)(OC)OC. The zero-order chi connectivity index (χ0) is 14.0. The molecule has 0 amide bonds. The van der Waals surface area contributed by atoms with Crippen LogP contribution in [0.1, 0.15) is 12.8 Å². The lowest BCUT2D eigenvalue weighted by Crippen LogP contribution is -2.25. The molecular formula is C10H15F2O5P. The Bertz CT molecular complexity index is 376. The van der Waals surface area contributed by atoms with Gasteiger partial charge >= 0.3 is 13.9 Å². The highest BCUT2D eigenvalue weighted by Crippen LogP contribution is 2.59. The number of carbonyl (C=O) groups is 1. The van der Waals surface area contributed by atoms with E-state index in [1.165, 1.54) is 6.08 Å². The number of allylic oxidation sites excluding steroid dienone is 1. The third-order valence-corrected chi connectivity index (χ3v) is 4.02. The van der Waals surface area contributed by atoms with Crippen LogP contribution in [0.25, 0.3) is 0 Å². The number of halogens is 2. The molecular weight excluding hydrogens is 269 g/mol. The van der Waals surface area contributed by atoms with Crippen LogP contribution >= 0.6 is 7.82 Å². The van der Waals surface area contributed by atoms with Gasteiger partial charge in [0.05, 0.1) is 5.92 Å². The van der Waals surface area contributed by atoms with Gasteiger partial charge in [0.2, 0.25) is 0 Å². The summed E-state index contributed by atoms with van der Waals surface area (Å²) < 4.78 is 51.3. The fourth-order valence-corrected chi connectivity index (χ4v) is 2.31. The van der Waals surface area contributed by atoms with E-state index in [4.69, 9.17) is 0 Å². The van der Waals surface area contributed by atoms with E-state index in [-0.39, 0.29) is 18.6 Å². The highest BCUT2D eigenvalue weighted by Gasteiger charge is 2.61. The average Bonchev–Trinajstić information content (AvgIpc) is 3.09. The van der Waals surface area contributed by atoms with Crippen molar-refractivity contribution >= 4 is 13.6 Å². The number of rotatable bonds is 8. The second-order valence-corrected chi connectivity index (χ2v) is 5.68. The Hall–Kier alpha value is -0.620. The van der Waals surface area contributed by atoms with Gasteiger partial charge in [0.25, 0.3) is 0 Å². The molecule has 18 heavy (non-hydrogen) atoms. The van der Waals surface area contributed by atoms with Gasteiger partial charge < -0.3 is 0 Å². The minimum absolute atomic E-state index is 0.00684. The Morgan fingerprint density at radius 1 is 1.50 bits per heavy atom. The van der Waals surface area contributed by atoms with Crippen molar-refractivity contribution in [2.45, 2.75) is 19.0 Å². The van der Waals surface area contributed by atoms with Crippen molar-refractivity contribution in [3.05, 3.63) is 12.7 Å². The van der Waals surface area contributed by atoms with Crippen molar-refractivity contribution in [3.63, 3.8) is 0 Å². The minimum Gasteiger partial charge on any atom is -0.299 e. The first-order valence-electron chi connectivity index (χ1n) is 5.23. The molecule has 0 aliphatic heterocycles. The first-order chi connectivity index (χ1) is 8.29. The summed E-state index contributed by atoms with van der Waals surface area (Å²) in [4.78, 5) is 11.4. The lowest BCUT2D eigenvalue weighted by atomic mass is 10.1. The van der Waals surface area contributed by atoms with Gasteiger partial charge in [-0.3, -0.25) is 13.8 Å². The van der Waals surface area contributed by atoms with Crippen LogP contribution in [0, 0.1) is 11.8 Å². The van der Waals surface area contributed by atoms with Crippen LogP contribution in [-0.2, 0) is 22.9 Å². The van der Waals surface area contributed by atoms with Crippen LogP contribution in [0.4, 0.5) is 8.78 Å². The first kappa shape index (κ1) is 15.4. The van der Waals surface area contributed by atoms with Gasteiger partial charge in [-0.25, -0.2) is 9.09 Å². The van der Waals surface area contributed by atoms with E-state index in [0.717, 1.165) is 14.2 Å². The third-order valence-electron chi connectivity index (χ3n) is 2.66. The molecule has 5 nitrogen and oxygen atoms in total. The lowest BCUT2D eigenvalue weighted by molar-refractivity contribution is -0.207. The van der Waals surface area contributed by atoms with Crippen molar-refractivity contribution < 1.29 is 31.7 Å². The summed E-state index contributed by atoms with van der Waals surface area (Å²) in [5.74, 6) is -2.41. The van der Waals surface area contributed by atoms with Gasteiger partial charge in [-0.05, 0) is 6.42 Å². The number of phosphoric acid groups is 1. The highest BCUT2D eigenvalue weighted by molar-refractivity contribution is 7.48. The number of phosphoric ester groups is 1. The molecule has 0 bridgehead atoms. The van der Waals surface area contributed by atoms with E-state index in [0.29, 0.717) is 0 Å². The molecule has 104 valence electrons. The summed E-state index contributed by atoms with van der Waals surface area (Å²) in [5, 5.41) is 0. The maximum absolute atomic E-state index is 13.6. The summed E-state index contributed by atoms with van der Waals surface area (Å²) in [6.07, 6.45) is -2.34. The lowest BCUT2D eigenvalue weighted by Gasteiger charge is -2.21. The smallest absolute Gasteiger partial charge is 0.299 e. The maximum Gasteiger partial charge on any atom is 0.479 e. The average molecular weight is 284 g/mol. The molecule has 2 atom stereocenters. The van der Waals surface area contributed by atoms with Crippen molar-refractivity contribution in [2.75, 3.05) is 14.2 Å². The van der Waals surface area contributed by atoms with E-state index in [2.05, 4.69) is 20.2 Å². The number of ketones is 1. The normalized spacial score (nSPS) is 23.8. The fraction of sp³-hybridized carbons (Fsp3) is 0.700. The minimum atomic E-state index is -4.27. The molecule has 1 aliphatic carbocycles. The molecule has 0 spiro atoms. The Kier molecular flexibility index (Phi) is 4.78. The summed E-state index contributed by atoms with van der Waals surface area (Å²) in [5.41, 5.74) is 0. The Morgan fingerprint density at radius 3 is 2.50 bits per heavy atom. The molecule has 0 saturated heterocycles. The van der Waals surface area contributed by atoms with E-state index in [1.54, 1.807) is 0 Å². The summed E-state index contributed by atoms with van der Waals surface area (Å²) in [6.45, 7) is 3.36. The molecule has 0 aromatic carbocycles. The van der Waals surface area contributed by atoms with Crippen LogP contribution in [0.2, 0.25) is 0 Å². The topological polar surface area (TPSA) is 61.8 Å². The third kappa shape index (κ3) is 3.45. The molecule has 0 aromatic heterocycles. The quantitative estimate of drug-likeness (QED) is 0.506.